The second kappa shape index (κ2) is 5.43. The number of hydrogen-bond donors (Lipinski definition) is 1. The maximum Gasteiger partial charge on any atom is 0.252 e. The first-order chi connectivity index (χ1) is 7.44. The van der Waals surface area contributed by atoms with Gasteiger partial charge in [0.1, 0.15) is 0 Å². The summed E-state index contributed by atoms with van der Waals surface area (Å²) in [5.74, 6) is -0.0646. The first kappa shape index (κ1) is 13.2. The van der Waals surface area contributed by atoms with Crippen LogP contribution in [0, 0.1) is 12.3 Å². The minimum Gasteiger partial charge on any atom is -0.351 e. The van der Waals surface area contributed by atoms with Crippen molar-refractivity contribution in [2.75, 3.05) is 11.9 Å². The van der Waals surface area contributed by atoms with Crippen molar-refractivity contribution < 1.29 is 4.79 Å². The number of rotatable bonds is 4. The number of nitrogens with zero attached hydrogens (tertiary/aromatic N) is 1. The molecule has 88 valence electrons. The predicted octanol–water partition coefficient (Wildman–Crippen LogP) is 2.54. The van der Waals surface area contributed by atoms with Crippen molar-refractivity contribution in [1.82, 2.24) is 10.3 Å². The van der Waals surface area contributed by atoms with Gasteiger partial charge in [-0.3, -0.25) is 9.78 Å². The minimum absolute atomic E-state index is 0.0624. The van der Waals surface area contributed by atoms with Gasteiger partial charge < -0.3 is 5.32 Å². The summed E-state index contributed by atoms with van der Waals surface area (Å²) in [5, 5.41) is 3.76. The van der Waals surface area contributed by atoms with Crippen molar-refractivity contribution in [3.8, 4) is 0 Å². The van der Waals surface area contributed by atoms with Gasteiger partial charge in [-0.15, -0.1) is 0 Å². The molecule has 1 rings (SSSR count). The van der Waals surface area contributed by atoms with Crippen LogP contribution in [0.15, 0.2) is 18.5 Å². The van der Waals surface area contributed by atoms with Crippen molar-refractivity contribution in [2.24, 2.45) is 5.41 Å². The zero-order chi connectivity index (χ0) is 12.2. The largest absolute Gasteiger partial charge is 0.351 e. The average Bonchev–Trinajstić information content (AvgIpc) is 2.26. The van der Waals surface area contributed by atoms with Crippen LogP contribution in [0.3, 0.4) is 0 Å². The van der Waals surface area contributed by atoms with Gasteiger partial charge in [0.15, 0.2) is 0 Å². The fourth-order valence-electron chi connectivity index (χ4n) is 1.15. The van der Waals surface area contributed by atoms with E-state index < -0.39 is 0 Å². The molecule has 3 nitrogen and oxygen atoms in total. The van der Waals surface area contributed by atoms with Gasteiger partial charge in [-0.1, -0.05) is 29.8 Å². The number of pyridine rings is 1. The summed E-state index contributed by atoms with van der Waals surface area (Å²) >= 11 is 3.43. The number of carbonyl (C=O) groups excluding carboxylic acids is 1. The summed E-state index contributed by atoms with van der Waals surface area (Å²) in [7, 11) is 0. The lowest BCUT2D eigenvalue weighted by atomic mass is 9.97. The number of nitrogens with one attached hydrogen (secondary N) is 1. The van der Waals surface area contributed by atoms with E-state index in [2.05, 4.69) is 40.1 Å². The topological polar surface area (TPSA) is 42.0 Å². The minimum atomic E-state index is -0.0646. The Balaban J connectivity index is 2.60. The summed E-state index contributed by atoms with van der Waals surface area (Å²) in [5.41, 5.74) is 1.67. The smallest absolute Gasteiger partial charge is 0.252 e. The molecule has 1 N–H and O–H groups in total. The maximum atomic E-state index is 11.8. The predicted molar refractivity (Wildman–Crippen MR) is 68.9 cm³/mol. The first-order valence-electron chi connectivity index (χ1n) is 5.20. The fourth-order valence-corrected chi connectivity index (χ4v) is 1.35. The lowest BCUT2D eigenvalue weighted by Gasteiger charge is -2.21. The Hall–Kier alpha value is -0.900. The number of alkyl halides is 1. The molecule has 1 aromatic heterocycles. The van der Waals surface area contributed by atoms with Crippen LogP contribution in [0.1, 0.15) is 29.8 Å². The Morgan fingerprint density at radius 2 is 2.19 bits per heavy atom. The first-order valence-corrected chi connectivity index (χ1v) is 6.32. The summed E-state index contributed by atoms with van der Waals surface area (Å²) < 4.78 is 0. The molecule has 4 heteroatoms. The van der Waals surface area contributed by atoms with Gasteiger partial charge in [-0.05, 0) is 24.0 Å². The van der Waals surface area contributed by atoms with Crippen molar-refractivity contribution in [3.63, 3.8) is 0 Å². The monoisotopic (exact) mass is 284 g/mol. The normalized spacial score (nSPS) is 11.2. The number of aryl methyl sites for hydroxylation is 1. The molecule has 1 heterocycles. The molecule has 0 aliphatic rings. The van der Waals surface area contributed by atoms with Crippen LogP contribution in [0.4, 0.5) is 0 Å². The Morgan fingerprint density at radius 3 is 2.75 bits per heavy atom. The molecule has 0 atom stereocenters. The number of halogens is 1. The van der Waals surface area contributed by atoms with Crippen LogP contribution in [0.2, 0.25) is 0 Å². The zero-order valence-electron chi connectivity index (χ0n) is 9.88. The number of amides is 1. The van der Waals surface area contributed by atoms with Crippen LogP contribution < -0.4 is 5.32 Å². The molecule has 0 saturated heterocycles. The quantitative estimate of drug-likeness (QED) is 0.864. The van der Waals surface area contributed by atoms with Gasteiger partial charge in [0.25, 0.3) is 5.91 Å². The van der Waals surface area contributed by atoms with Crippen molar-refractivity contribution in [2.45, 2.75) is 20.8 Å². The van der Waals surface area contributed by atoms with Crippen LogP contribution in [-0.2, 0) is 0 Å². The van der Waals surface area contributed by atoms with E-state index in [0.29, 0.717) is 12.1 Å². The van der Waals surface area contributed by atoms with E-state index in [0.717, 1.165) is 10.9 Å². The summed E-state index contributed by atoms with van der Waals surface area (Å²) in [6, 6.07) is 1.84. The van der Waals surface area contributed by atoms with E-state index in [1.807, 2.05) is 13.0 Å². The molecule has 0 unspecified atom stereocenters. The van der Waals surface area contributed by atoms with Gasteiger partial charge in [-0.25, -0.2) is 0 Å². The molecular formula is C12H17BrN2O. The van der Waals surface area contributed by atoms with Gasteiger partial charge in [-0.2, -0.15) is 0 Å². The van der Waals surface area contributed by atoms with Crippen LogP contribution in [0.5, 0.6) is 0 Å². The number of hydrogen-bond acceptors (Lipinski definition) is 2. The van der Waals surface area contributed by atoms with E-state index in [1.165, 1.54) is 0 Å². The third-order valence-electron chi connectivity index (χ3n) is 2.23. The van der Waals surface area contributed by atoms with Gasteiger partial charge >= 0.3 is 0 Å². The van der Waals surface area contributed by atoms with Gasteiger partial charge in [0, 0.05) is 24.3 Å². The van der Waals surface area contributed by atoms with E-state index in [4.69, 9.17) is 0 Å². The molecule has 0 saturated carbocycles. The molecule has 0 aliphatic carbocycles. The van der Waals surface area contributed by atoms with E-state index in [1.54, 1.807) is 12.4 Å². The highest BCUT2D eigenvalue weighted by Crippen LogP contribution is 2.16. The van der Waals surface area contributed by atoms with Gasteiger partial charge in [0.05, 0.1) is 5.56 Å². The highest BCUT2D eigenvalue weighted by molar-refractivity contribution is 9.09. The van der Waals surface area contributed by atoms with Crippen LogP contribution >= 0.6 is 15.9 Å². The maximum absolute atomic E-state index is 11.8. The Kier molecular flexibility index (Phi) is 4.47. The molecule has 0 fully saturated rings. The third-order valence-corrected chi connectivity index (χ3v) is 3.74. The lowest BCUT2D eigenvalue weighted by Crippen LogP contribution is -2.34. The van der Waals surface area contributed by atoms with E-state index in [9.17, 15) is 4.79 Å². The Labute approximate surface area is 105 Å². The van der Waals surface area contributed by atoms with E-state index in [-0.39, 0.29) is 11.3 Å². The van der Waals surface area contributed by atoms with Crippen molar-refractivity contribution in [1.29, 1.82) is 0 Å². The number of carbonyl (C=O) groups is 1. The summed E-state index contributed by atoms with van der Waals surface area (Å²) in [6.45, 7) is 6.75. The standard InChI is InChI=1S/C12H17BrN2O/c1-9-4-10(6-14-5-9)11(16)15-8-12(2,3)7-13/h4-6H,7-8H2,1-3H3,(H,15,16). The highest BCUT2D eigenvalue weighted by atomic mass is 79.9. The van der Waals surface area contributed by atoms with Crippen LogP contribution in [-0.4, -0.2) is 22.8 Å². The Morgan fingerprint density at radius 1 is 1.50 bits per heavy atom. The third kappa shape index (κ3) is 3.93. The second-order valence-electron chi connectivity index (χ2n) is 4.73. The fraction of sp³-hybridized carbons (Fsp3) is 0.500. The molecule has 16 heavy (non-hydrogen) atoms. The summed E-state index contributed by atoms with van der Waals surface area (Å²) in [6.07, 6.45) is 3.32. The molecule has 0 aliphatic heterocycles. The highest BCUT2D eigenvalue weighted by Gasteiger charge is 2.17. The molecule has 0 spiro atoms. The van der Waals surface area contributed by atoms with Crippen molar-refractivity contribution >= 4 is 21.8 Å². The second-order valence-corrected chi connectivity index (χ2v) is 5.29. The molecule has 1 amide bonds. The van der Waals surface area contributed by atoms with Gasteiger partial charge in [0.2, 0.25) is 0 Å². The zero-order valence-corrected chi connectivity index (χ0v) is 11.5. The lowest BCUT2D eigenvalue weighted by molar-refractivity contribution is 0.0939. The van der Waals surface area contributed by atoms with Crippen LogP contribution in [0.25, 0.3) is 0 Å². The van der Waals surface area contributed by atoms with Crippen molar-refractivity contribution in [3.05, 3.63) is 29.6 Å². The molecule has 0 bridgehead atoms. The molecule has 0 aromatic carbocycles. The molecule has 0 radical (unpaired) electrons. The molecular weight excluding hydrogens is 268 g/mol. The summed E-state index contributed by atoms with van der Waals surface area (Å²) in [4.78, 5) is 15.8. The average molecular weight is 285 g/mol. The SMILES string of the molecule is Cc1cncc(C(=O)NCC(C)(C)CBr)c1. The molecule has 1 aromatic rings. The Bertz CT molecular complexity index is 377. The number of aromatic nitrogens is 1. The van der Waals surface area contributed by atoms with E-state index >= 15 is 0 Å².